The fraction of sp³-hybridized carbons (Fsp3) is 0.471. The van der Waals surface area contributed by atoms with Crippen LogP contribution in [0.4, 0.5) is 4.39 Å². The quantitative estimate of drug-likeness (QED) is 0.559. The monoisotopic (exact) mass is 348 g/mol. The average molecular weight is 348 g/mol. The molecule has 1 heterocycles. The van der Waals surface area contributed by atoms with E-state index in [1.165, 1.54) is 12.1 Å². The number of ether oxygens (including phenoxy) is 1. The molecule has 0 saturated heterocycles. The smallest absolute Gasteiger partial charge is 0.191 e. The Morgan fingerprint density at radius 3 is 2.72 bits per heavy atom. The molecular weight excluding hydrogens is 323 g/mol. The summed E-state index contributed by atoms with van der Waals surface area (Å²) in [7, 11) is 3.34. The van der Waals surface area contributed by atoms with Crippen LogP contribution in [0.2, 0.25) is 0 Å². The minimum Gasteiger partial charge on any atom is -0.375 e. The second kappa shape index (κ2) is 9.73. The van der Waals surface area contributed by atoms with Crippen molar-refractivity contribution in [1.29, 1.82) is 0 Å². The first-order chi connectivity index (χ1) is 12.2. The zero-order valence-electron chi connectivity index (χ0n) is 14.9. The third-order valence-electron chi connectivity index (χ3n) is 3.86. The first-order valence-electron chi connectivity index (χ1n) is 8.27. The molecule has 1 aromatic heterocycles. The molecule has 0 bridgehead atoms. The molecule has 7 nitrogen and oxygen atoms in total. The number of aromatic nitrogens is 3. The van der Waals surface area contributed by atoms with E-state index in [0.717, 1.165) is 24.4 Å². The van der Waals surface area contributed by atoms with Crippen molar-refractivity contribution in [3.63, 3.8) is 0 Å². The summed E-state index contributed by atoms with van der Waals surface area (Å²) in [5, 5.41) is 14.4. The molecule has 0 aliphatic rings. The van der Waals surface area contributed by atoms with Crippen LogP contribution in [0.5, 0.6) is 0 Å². The summed E-state index contributed by atoms with van der Waals surface area (Å²) in [5.74, 6) is 1.38. The van der Waals surface area contributed by atoms with Crippen molar-refractivity contribution >= 4 is 5.96 Å². The van der Waals surface area contributed by atoms with Gasteiger partial charge in [-0.1, -0.05) is 19.1 Å². The van der Waals surface area contributed by atoms with E-state index in [1.54, 1.807) is 32.6 Å². The van der Waals surface area contributed by atoms with Gasteiger partial charge in [0.1, 0.15) is 18.0 Å². The third-order valence-corrected chi connectivity index (χ3v) is 3.86. The lowest BCUT2D eigenvalue weighted by atomic mass is 10.1. The number of rotatable bonds is 8. The van der Waals surface area contributed by atoms with Crippen molar-refractivity contribution < 1.29 is 9.13 Å². The maximum atomic E-state index is 13.0. The average Bonchev–Trinajstić information content (AvgIpc) is 3.09. The van der Waals surface area contributed by atoms with Crippen molar-refractivity contribution in [3.8, 4) is 0 Å². The van der Waals surface area contributed by atoms with E-state index in [1.807, 2.05) is 4.57 Å². The van der Waals surface area contributed by atoms with Gasteiger partial charge in [0.25, 0.3) is 0 Å². The highest BCUT2D eigenvalue weighted by atomic mass is 19.1. The van der Waals surface area contributed by atoms with Gasteiger partial charge in [0.15, 0.2) is 5.96 Å². The van der Waals surface area contributed by atoms with Crippen LogP contribution in [0.15, 0.2) is 35.6 Å². The van der Waals surface area contributed by atoms with E-state index in [9.17, 15) is 4.39 Å². The predicted molar refractivity (Wildman–Crippen MR) is 94.9 cm³/mol. The summed E-state index contributed by atoms with van der Waals surface area (Å²) in [6, 6.07) is 6.30. The van der Waals surface area contributed by atoms with E-state index in [-0.39, 0.29) is 11.9 Å². The SMILES string of the molecule is CCc1nncn1CCNC(=NC)NCC(OC)c1ccc(F)cc1. The molecule has 2 aromatic rings. The maximum absolute atomic E-state index is 13.0. The van der Waals surface area contributed by atoms with Gasteiger partial charge in [-0.2, -0.15) is 0 Å². The molecule has 1 unspecified atom stereocenters. The summed E-state index contributed by atoms with van der Waals surface area (Å²) in [4.78, 5) is 4.20. The number of guanidine groups is 1. The zero-order chi connectivity index (χ0) is 18.1. The molecule has 2 rings (SSSR count). The molecule has 0 aliphatic carbocycles. The van der Waals surface area contributed by atoms with Crippen molar-refractivity contribution in [2.45, 2.75) is 26.0 Å². The number of nitrogens with zero attached hydrogens (tertiary/aromatic N) is 4. The molecule has 25 heavy (non-hydrogen) atoms. The molecule has 2 N–H and O–H groups in total. The molecule has 0 fully saturated rings. The van der Waals surface area contributed by atoms with Crippen molar-refractivity contribution in [3.05, 3.63) is 47.8 Å². The van der Waals surface area contributed by atoms with E-state index >= 15 is 0 Å². The van der Waals surface area contributed by atoms with E-state index in [0.29, 0.717) is 19.0 Å². The number of benzene rings is 1. The van der Waals surface area contributed by atoms with E-state index in [4.69, 9.17) is 4.74 Å². The van der Waals surface area contributed by atoms with Crippen LogP contribution in [0.3, 0.4) is 0 Å². The van der Waals surface area contributed by atoms with E-state index < -0.39 is 0 Å². The normalized spacial score (nSPS) is 12.9. The van der Waals surface area contributed by atoms with Crippen LogP contribution in [0.1, 0.15) is 24.4 Å². The van der Waals surface area contributed by atoms with Gasteiger partial charge in [-0.3, -0.25) is 4.99 Å². The summed E-state index contributed by atoms with van der Waals surface area (Å²) < 4.78 is 20.5. The Labute approximate surface area is 147 Å². The third kappa shape index (κ3) is 5.53. The largest absolute Gasteiger partial charge is 0.375 e. The molecule has 136 valence electrons. The molecule has 8 heteroatoms. The Hall–Kier alpha value is -2.48. The minimum absolute atomic E-state index is 0.191. The Balaban J connectivity index is 1.81. The lowest BCUT2D eigenvalue weighted by Crippen LogP contribution is -2.41. The molecule has 1 aromatic carbocycles. The fourth-order valence-corrected chi connectivity index (χ4v) is 2.46. The van der Waals surface area contributed by atoms with Crippen molar-refractivity contribution in [2.24, 2.45) is 4.99 Å². The zero-order valence-corrected chi connectivity index (χ0v) is 14.9. The topological polar surface area (TPSA) is 76.4 Å². The Morgan fingerprint density at radius 2 is 2.08 bits per heavy atom. The lowest BCUT2D eigenvalue weighted by molar-refractivity contribution is 0.106. The van der Waals surface area contributed by atoms with Crippen LogP contribution in [-0.4, -0.2) is 48.0 Å². The van der Waals surface area contributed by atoms with Gasteiger partial charge in [-0.05, 0) is 17.7 Å². The van der Waals surface area contributed by atoms with Crippen molar-refractivity contribution in [2.75, 3.05) is 27.2 Å². The maximum Gasteiger partial charge on any atom is 0.191 e. The molecular formula is C17H25FN6O. The van der Waals surface area contributed by atoms with Crippen LogP contribution >= 0.6 is 0 Å². The van der Waals surface area contributed by atoms with Gasteiger partial charge >= 0.3 is 0 Å². The molecule has 0 radical (unpaired) electrons. The van der Waals surface area contributed by atoms with Gasteiger partial charge in [-0.15, -0.1) is 10.2 Å². The van der Waals surface area contributed by atoms with Gasteiger partial charge in [-0.25, -0.2) is 4.39 Å². The van der Waals surface area contributed by atoms with Crippen LogP contribution in [-0.2, 0) is 17.7 Å². The van der Waals surface area contributed by atoms with Gasteiger partial charge < -0.3 is 19.9 Å². The van der Waals surface area contributed by atoms with Gasteiger partial charge in [0.2, 0.25) is 0 Å². The number of aryl methyl sites for hydroxylation is 1. The van der Waals surface area contributed by atoms with Gasteiger partial charge in [0.05, 0.1) is 6.10 Å². The Morgan fingerprint density at radius 1 is 1.32 bits per heavy atom. The predicted octanol–water partition coefficient (Wildman–Crippen LogP) is 1.53. The highest BCUT2D eigenvalue weighted by molar-refractivity contribution is 5.79. The minimum atomic E-state index is -0.260. The first kappa shape index (κ1) is 18.9. The number of hydrogen-bond donors (Lipinski definition) is 2. The highest BCUT2D eigenvalue weighted by Gasteiger charge is 2.11. The number of aliphatic imine (C=N–C) groups is 1. The Kier molecular flexibility index (Phi) is 7.34. The standard InChI is InChI=1S/C17H25FN6O/c1-4-16-23-22-12-24(16)10-9-20-17(19-2)21-11-15(25-3)13-5-7-14(18)8-6-13/h5-8,12,15H,4,9-11H2,1-3H3,(H2,19,20,21). The molecule has 0 amide bonds. The number of nitrogens with one attached hydrogen (secondary N) is 2. The summed E-state index contributed by atoms with van der Waals surface area (Å²) in [6.07, 6.45) is 2.38. The van der Waals surface area contributed by atoms with Crippen molar-refractivity contribution in [1.82, 2.24) is 25.4 Å². The fourth-order valence-electron chi connectivity index (χ4n) is 2.46. The van der Waals surface area contributed by atoms with E-state index in [2.05, 4.69) is 32.7 Å². The number of hydrogen-bond acceptors (Lipinski definition) is 4. The lowest BCUT2D eigenvalue weighted by Gasteiger charge is -2.19. The second-order valence-electron chi connectivity index (χ2n) is 5.45. The van der Waals surface area contributed by atoms with Gasteiger partial charge in [0, 0.05) is 40.2 Å². The first-order valence-corrected chi connectivity index (χ1v) is 8.27. The Bertz CT molecular complexity index is 670. The summed E-state index contributed by atoms with van der Waals surface area (Å²) >= 11 is 0. The van der Waals surface area contributed by atoms with Crippen LogP contribution in [0, 0.1) is 5.82 Å². The summed E-state index contributed by atoms with van der Waals surface area (Å²) in [5.41, 5.74) is 0.906. The molecule has 0 saturated carbocycles. The highest BCUT2D eigenvalue weighted by Crippen LogP contribution is 2.15. The second-order valence-corrected chi connectivity index (χ2v) is 5.45. The number of halogens is 1. The molecule has 0 spiro atoms. The summed E-state index contributed by atoms with van der Waals surface area (Å²) in [6.45, 7) is 4.02. The molecule has 1 atom stereocenters. The number of methoxy groups -OCH3 is 1. The molecule has 0 aliphatic heterocycles. The van der Waals surface area contributed by atoms with Crippen LogP contribution in [0.25, 0.3) is 0 Å². The van der Waals surface area contributed by atoms with Crippen LogP contribution < -0.4 is 10.6 Å².